The molecule has 18 nitrogen and oxygen atoms in total. The summed E-state index contributed by atoms with van der Waals surface area (Å²) in [6.07, 6.45) is 1.14. The second kappa shape index (κ2) is 19.3. The molecule has 2 aliphatic heterocycles. The molecule has 2 fully saturated rings. The van der Waals surface area contributed by atoms with Crippen LogP contribution in [0.15, 0.2) is 12.2 Å². The summed E-state index contributed by atoms with van der Waals surface area (Å²) >= 11 is 0. The molecule has 2 rings (SSSR count). The summed E-state index contributed by atoms with van der Waals surface area (Å²) in [6, 6.07) is 0.104. The van der Waals surface area contributed by atoms with Crippen LogP contribution in [0.5, 0.6) is 0 Å². The van der Waals surface area contributed by atoms with E-state index in [0.29, 0.717) is 12.2 Å². The number of nitrogens with one attached hydrogen (secondary N) is 2. The van der Waals surface area contributed by atoms with Gasteiger partial charge in [-0.3, -0.25) is 19.3 Å². The predicted molar refractivity (Wildman–Crippen MR) is 150 cm³/mol. The van der Waals surface area contributed by atoms with E-state index < -0.39 is 34.7 Å². The second-order valence-electron chi connectivity index (χ2n) is 10.8. The zero-order valence-corrected chi connectivity index (χ0v) is 25.1. The van der Waals surface area contributed by atoms with Gasteiger partial charge in [0.15, 0.2) is 0 Å². The lowest BCUT2D eigenvalue weighted by atomic mass is 10.1. The van der Waals surface area contributed by atoms with Crippen molar-refractivity contribution in [3.05, 3.63) is 32.4 Å². The lowest BCUT2D eigenvalue weighted by Gasteiger charge is -2.29. The molecule has 2 N–H and O–H groups in total. The Kier molecular flexibility index (Phi) is 15.8. The molecule has 0 radical (unpaired) electrons. The van der Waals surface area contributed by atoms with Crippen LogP contribution in [0.2, 0.25) is 0 Å². The Morgan fingerprint density at radius 3 is 1.39 bits per heavy atom. The molecule has 2 atom stereocenters. The SMILES string of the molecule is CN1CCC(NC(=O)CCCC(OC(=O)/C=C/C(=O)OC(CCCC(=O)NC2CCN(C)CC2)O[N+](=O)[O-])O[N+](=O)[O-])CC1. The molecule has 2 saturated heterocycles. The number of nitrogens with zero attached hydrogens (tertiary/aromatic N) is 4. The molecule has 18 heteroatoms. The Labute approximate surface area is 254 Å². The smallest absolute Gasteiger partial charge is 0.333 e. The summed E-state index contributed by atoms with van der Waals surface area (Å²) in [4.78, 5) is 83.3. The van der Waals surface area contributed by atoms with Gasteiger partial charge in [0.2, 0.25) is 24.4 Å². The first-order valence-corrected chi connectivity index (χ1v) is 14.6. The van der Waals surface area contributed by atoms with Crippen molar-refractivity contribution in [1.82, 2.24) is 20.4 Å². The van der Waals surface area contributed by atoms with Gasteiger partial charge in [-0.25, -0.2) is 9.59 Å². The minimum Gasteiger partial charge on any atom is -0.432 e. The Balaban J connectivity index is 1.74. The summed E-state index contributed by atoms with van der Waals surface area (Å²) in [5.74, 6) is -2.86. The molecule has 0 spiro atoms. The normalized spacial score (nSPS) is 18.1. The molecular weight excluding hydrogens is 588 g/mol. The largest absolute Gasteiger partial charge is 0.432 e. The third kappa shape index (κ3) is 16.0. The Hall–Kier alpha value is -4.06. The Bertz CT molecular complexity index is 933. The maximum Gasteiger partial charge on any atom is 0.333 e. The van der Waals surface area contributed by atoms with Crippen molar-refractivity contribution in [3.63, 3.8) is 0 Å². The van der Waals surface area contributed by atoms with Crippen molar-refractivity contribution in [3.8, 4) is 0 Å². The predicted octanol–water partition coefficient (Wildman–Crippen LogP) is 0.459. The molecule has 0 bridgehead atoms. The lowest BCUT2D eigenvalue weighted by molar-refractivity contribution is -0.779. The number of carbonyl (C=O) groups excluding carboxylic acids is 4. The van der Waals surface area contributed by atoms with Crippen LogP contribution < -0.4 is 10.6 Å². The summed E-state index contributed by atoms with van der Waals surface area (Å²) in [7, 11) is 3.99. The second-order valence-corrected chi connectivity index (χ2v) is 10.8. The van der Waals surface area contributed by atoms with Gasteiger partial charge < -0.3 is 29.9 Å². The first-order chi connectivity index (χ1) is 20.9. The van der Waals surface area contributed by atoms with Gasteiger partial charge in [0.1, 0.15) is 0 Å². The van der Waals surface area contributed by atoms with Gasteiger partial charge in [0.05, 0.1) is 0 Å². The first-order valence-electron chi connectivity index (χ1n) is 14.6. The number of likely N-dealkylation sites (tertiary alicyclic amines) is 2. The van der Waals surface area contributed by atoms with Crippen LogP contribution in [-0.2, 0) is 38.3 Å². The van der Waals surface area contributed by atoms with E-state index in [0.717, 1.165) is 51.9 Å². The average molecular weight is 631 g/mol. The molecule has 2 amide bonds. The van der Waals surface area contributed by atoms with Gasteiger partial charge in [0.25, 0.3) is 10.2 Å². The van der Waals surface area contributed by atoms with Crippen LogP contribution in [0.1, 0.15) is 64.2 Å². The number of amides is 2. The van der Waals surface area contributed by atoms with E-state index in [4.69, 9.17) is 9.47 Å². The van der Waals surface area contributed by atoms with Crippen molar-refractivity contribution in [1.29, 1.82) is 0 Å². The molecule has 2 unspecified atom stereocenters. The number of ether oxygens (including phenoxy) is 2. The molecule has 2 heterocycles. The standard InChI is InChI=1S/C26H42N6O12/c1-29-15-11-19(12-16-29)27-21(33)5-3-7-25(43-31(37)38)41-23(35)9-10-24(36)42-26(44-32(39)40)8-4-6-22(34)28-20-13-17-30(2)18-14-20/h9-10,19-20,25-26H,3-8,11-18H2,1-2H3,(H,27,33)(H,28,34)/b10-9+. The van der Waals surface area contributed by atoms with Crippen LogP contribution in [-0.4, -0.2) is 109 Å². The van der Waals surface area contributed by atoms with E-state index >= 15 is 0 Å². The van der Waals surface area contributed by atoms with Gasteiger partial charge in [-0.2, -0.15) is 0 Å². The van der Waals surface area contributed by atoms with Crippen LogP contribution in [0.3, 0.4) is 0 Å². The summed E-state index contributed by atoms with van der Waals surface area (Å²) < 4.78 is 9.73. The minimum atomic E-state index is -1.64. The van der Waals surface area contributed by atoms with Crippen molar-refractivity contribution < 1.29 is 48.5 Å². The van der Waals surface area contributed by atoms with Crippen LogP contribution in [0.25, 0.3) is 0 Å². The van der Waals surface area contributed by atoms with Crippen LogP contribution >= 0.6 is 0 Å². The van der Waals surface area contributed by atoms with Crippen LogP contribution in [0, 0.1) is 20.2 Å². The van der Waals surface area contributed by atoms with E-state index in [1.807, 2.05) is 14.1 Å². The molecule has 44 heavy (non-hydrogen) atoms. The number of carbonyl (C=O) groups is 4. The summed E-state index contributed by atoms with van der Waals surface area (Å²) in [5.41, 5.74) is 0. The number of esters is 2. The zero-order chi connectivity index (χ0) is 32.5. The molecule has 248 valence electrons. The fourth-order valence-corrected chi connectivity index (χ4v) is 4.70. The Morgan fingerprint density at radius 1 is 0.727 bits per heavy atom. The fraction of sp³-hybridized carbons (Fsp3) is 0.769. The molecule has 0 aromatic carbocycles. The van der Waals surface area contributed by atoms with Gasteiger partial charge in [-0.05, 0) is 78.8 Å². The topological polar surface area (TPSA) is 222 Å². The van der Waals surface area contributed by atoms with Gasteiger partial charge in [-0.15, -0.1) is 20.2 Å². The zero-order valence-electron chi connectivity index (χ0n) is 25.1. The highest BCUT2D eigenvalue weighted by Gasteiger charge is 2.23. The van der Waals surface area contributed by atoms with E-state index in [1.165, 1.54) is 0 Å². The van der Waals surface area contributed by atoms with Crippen molar-refractivity contribution in [2.75, 3.05) is 40.3 Å². The molecule has 0 aromatic rings. The van der Waals surface area contributed by atoms with Gasteiger partial charge >= 0.3 is 11.9 Å². The molecule has 0 saturated carbocycles. The van der Waals surface area contributed by atoms with E-state index in [1.54, 1.807) is 0 Å². The molecular formula is C26H42N6O12. The maximum atomic E-state index is 12.2. The number of piperidine rings is 2. The van der Waals surface area contributed by atoms with Crippen molar-refractivity contribution in [2.24, 2.45) is 0 Å². The van der Waals surface area contributed by atoms with Gasteiger partial charge in [0, 0.05) is 49.9 Å². The summed E-state index contributed by atoms with van der Waals surface area (Å²) in [6.45, 7) is 3.45. The lowest BCUT2D eigenvalue weighted by Crippen LogP contribution is -2.43. The van der Waals surface area contributed by atoms with E-state index in [2.05, 4.69) is 30.1 Å². The minimum absolute atomic E-state index is 0.0291. The highest BCUT2D eigenvalue weighted by Crippen LogP contribution is 2.13. The van der Waals surface area contributed by atoms with Crippen molar-refractivity contribution in [2.45, 2.75) is 88.9 Å². The quantitative estimate of drug-likeness (QED) is 0.0690. The fourth-order valence-electron chi connectivity index (χ4n) is 4.70. The van der Waals surface area contributed by atoms with Crippen LogP contribution in [0.4, 0.5) is 0 Å². The number of rotatable bonds is 18. The Morgan fingerprint density at radius 2 is 1.07 bits per heavy atom. The molecule has 0 aromatic heterocycles. The van der Waals surface area contributed by atoms with E-state index in [9.17, 15) is 39.4 Å². The highest BCUT2D eigenvalue weighted by molar-refractivity contribution is 5.91. The maximum absolute atomic E-state index is 12.2. The monoisotopic (exact) mass is 630 g/mol. The number of hydrogen-bond acceptors (Lipinski definition) is 14. The summed E-state index contributed by atoms with van der Waals surface area (Å²) in [5, 5.41) is 25.1. The first kappa shape index (κ1) is 36.1. The highest BCUT2D eigenvalue weighted by atomic mass is 17.0. The van der Waals surface area contributed by atoms with E-state index in [-0.39, 0.29) is 62.4 Å². The molecule has 0 aliphatic carbocycles. The number of hydrogen-bond donors (Lipinski definition) is 2. The average Bonchev–Trinajstić information content (AvgIpc) is 2.93. The van der Waals surface area contributed by atoms with Gasteiger partial charge in [-0.1, -0.05) is 0 Å². The molecule has 2 aliphatic rings. The van der Waals surface area contributed by atoms with Crippen molar-refractivity contribution >= 4 is 23.8 Å². The third-order valence-electron chi connectivity index (χ3n) is 7.11. The third-order valence-corrected chi connectivity index (χ3v) is 7.11.